The van der Waals surface area contributed by atoms with E-state index in [1.54, 1.807) is 23.5 Å². The molecule has 28 heavy (non-hydrogen) atoms. The van der Waals surface area contributed by atoms with E-state index in [-0.39, 0.29) is 23.1 Å². The number of hydrogen-bond acceptors (Lipinski definition) is 5. The Kier molecular flexibility index (Phi) is 5.97. The number of rotatable bonds is 4. The Balaban J connectivity index is 1.48. The lowest BCUT2D eigenvalue weighted by Gasteiger charge is -2.29. The minimum absolute atomic E-state index is 0.000902. The monoisotopic (exact) mass is 412 g/mol. The van der Waals surface area contributed by atoms with Gasteiger partial charge in [0.25, 0.3) is 0 Å². The number of para-hydroxylation sites is 2. The molecule has 2 aromatic carbocycles. The van der Waals surface area contributed by atoms with Crippen LogP contribution in [0.3, 0.4) is 0 Å². The molecule has 0 saturated heterocycles. The summed E-state index contributed by atoms with van der Waals surface area (Å²) in [6.07, 6.45) is 0.793. The number of thioether (sulfide) groups is 2. The number of fused-ring (bicyclic) bond motifs is 2. The van der Waals surface area contributed by atoms with Gasteiger partial charge < -0.3 is 10.1 Å². The van der Waals surface area contributed by atoms with Crippen molar-refractivity contribution in [3.05, 3.63) is 59.7 Å². The highest BCUT2D eigenvalue weighted by atomic mass is 32.2. The maximum absolute atomic E-state index is 13.1. The van der Waals surface area contributed by atoms with Crippen molar-refractivity contribution >= 4 is 39.5 Å². The lowest BCUT2D eigenvalue weighted by atomic mass is 10.00. The highest BCUT2D eigenvalue weighted by Crippen LogP contribution is 2.38. The Labute approximate surface area is 174 Å². The Bertz CT molecular complexity index is 898. The van der Waals surface area contributed by atoms with Gasteiger partial charge in [0.2, 0.25) is 5.91 Å². The minimum atomic E-state index is -0.175. The van der Waals surface area contributed by atoms with Crippen molar-refractivity contribution in [2.24, 2.45) is 10.9 Å². The zero-order valence-corrected chi connectivity index (χ0v) is 17.7. The molecule has 0 aromatic heterocycles. The van der Waals surface area contributed by atoms with Gasteiger partial charge in [0, 0.05) is 17.7 Å². The number of benzene rings is 2. The van der Waals surface area contributed by atoms with E-state index >= 15 is 0 Å². The zero-order chi connectivity index (χ0) is 19.5. The van der Waals surface area contributed by atoms with E-state index in [0.717, 1.165) is 33.5 Å². The van der Waals surface area contributed by atoms with Crippen molar-refractivity contribution in [2.45, 2.75) is 37.3 Å². The van der Waals surface area contributed by atoms with Crippen LogP contribution in [0.1, 0.15) is 37.4 Å². The first-order valence-electron chi connectivity index (χ1n) is 9.60. The van der Waals surface area contributed by atoms with E-state index in [2.05, 4.69) is 25.2 Å². The molecule has 0 aliphatic carbocycles. The molecule has 2 atom stereocenters. The number of carbonyl (C=O) groups is 1. The fraction of sp³-hybridized carbons (Fsp3) is 0.364. The molecule has 0 fully saturated rings. The standard InChI is InChI=1S/C22H24N2O2S2/c1-14(2)20(28-22-24-17-9-5-3-7-15(17)13-27-22)21(25)23-18-11-12-26-19-10-6-4-8-16(18)19/h3-10,14,18,20H,11-13H2,1-2H3,(H,23,25)/t18-,20+/m0/s1. The van der Waals surface area contributed by atoms with E-state index in [9.17, 15) is 4.79 Å². The molecule has 2 aromatic rings. The van der Waals surface area contributed by atoms with Gasteiger partial charge in [-0.3, -0.25) is 4.79 Å². The van der Waals surface area contributed by atoms with Crippen LogP contribution in [0.5, 0.6) is 5.75 Å². The number of ether oxygens (including phenoxy) is 1. The number of nitrogens with zero attached hydrogens (tertiary/aromatic N) is 1. The zero-order valence-electron chi connectivity index (χ0n) is 16.1. The summed E-state index contributed by atoms with van der Waals surface area (Å²) in [5, 5.41) is 3.09. The summed E-state index contributed by atoms with van der Waals surface area (Å²) in [6, 6.07) is 16.2. The Hall–Kier alpha value is -1.92. The summed E-state index contributed by atoms with van der Waals surface area (Å²) >= 11 is 3.30. The summed E-state index contributed by atoms with van der Waals surface area (Å²) in [5.41, 5.74) is 3.33. The second-order valence-electron chi connectivity index (χ2n) is 7.31. The third-order valence-corrected chi connectivity index (χ3v) is 7.66. The van der Waals surface area contributed by atoms with Crippen LogP contribution in [0, 0.1) is 5.92 Å². The maximum atomic E-state index is 13.1. The predicted molar refractivity (Wildman–Crippen MR) is 118 cm³/mol. The van der Waals surface area contributed by atoms with E-state index in [4.69, 9.17) is 9.73 Å². The summed E-state index contributed by atoms with van der Waals surface area (Å²) in [7, 11) is 0. The lowest BCUT2D eigenvalue weighted by Crippen LogP contribution is -2.40. The maximum Gasteiger partial charge on any atom is 0.234 e. The average Bonchev–Trinajstić information content (AvgIpc) is 2.72. The molecule has 0 bridgehead atoms. The molecule has 1 N–H and O–H groups in total. The van der Waals surface area contributed by atoms with Crippen LogP contribution in [0.4, 0.5) is 5.69 Å². The smallest absolute Gasteiger partial charge is 0.234 e. The van der Waals surface area contributed by atoms with Crippen molar-refractivity contribution in [3.63, 3.8) is 0 Å². The Morgan fingerprint density at radius 2 is 2.00 bits per heavy atom. The topological polar surface area (TPSA) is 50.7 Å². The molecule has 2 aliphatic heterocycles. The highest BCUT2D eigenvalue weighted by molar-refractivity contribution is 8.39. The molecule has 146 valence electrons. The van der Waals surface area contributed by atoms with Crippen LogP contribution in [0.2, 0.25) is 0 Å². The Morgan fingerprint density at radius 1 is 1.21 bits per heavy atom. The predicted octanol–water partition coefficient (Wildman–Crippen LogP) is 5.32. The quantitative estimate of drug-likeness (QED) is 0.738. The van der Waals surface area contributed by atoms with E-state index in [0.29, 0.717) is 6.61 Å². The van der Waals surface area contributed by atoms with E-state index in [1.807, 2.05) is 42.5 Å². The molecule has 2 aliphatic rings. The van der Waals surface area contributed by atoms with Crippen LogP contribution in [-0.2, 0) is 10.5 Å². The molecule has 4 nitrogen and oxygen atoms in total. The largest absolute Gasteiger partial charge is 0.493 e. The molecule has 1 amide bonds. The second-order valence-corrected chi connectivity index (χ2v) is 9.67. The minimum Gasteiger partial charge on any atom is -0.493 e. The van der Waals surface area contributed by atoms with Crippen molar-refractivity contribution in [1.29, 1.82) is 0 Å². The first-order chi connectivity index (χ1) is 13.6. The molecule has 0 unspecified atom stereocenters. The number of aliphatic imine (C=N–C) groups is 1. The first-order valence-corrected chi connectivity index (χ1v) is 11.5. The van der Waals surface area contributed by atoms with Crippen LogP contribution < -0.4 is 10.1 Å². The molecule has 0 radical (unpaired) electrons. The lowest BCUT2D eigenvalue weighted by molar-refractivity contribution is -0.122. The molecular weight excluding hydrogens is 388 g/mol. The highest BCUT2D eigenvalue weighted by Gasteiger charge is 2.30. The van der Waals surface area contributed by atoms with Crippen LogP contribution in [0.25, 0.3) is 0 Å². The van der Waals surface area contributed by atoms with Gasteiger partial charge >= 0.3 is 0 Å². The molecular formula is C22H24N2O2S2. The third kappa shape index (κ3) is 4.23. The van der Waals surface area contributed by atoms with Gasteiger partial charge in [0.15, 0.2) is 0 Å². The number of amides is 1. The van der Waals surface area contributed by atoms with Gasteiger partial charge in [-0.15, -0.1) is 0 Å². The normalized spacial score (nSPS) is 19.1. The van der Waals surface area contributed by atoms with Crippen molar-refractivity contribution in [3.8, 4) is 5.75 Å². The summed E-state index contributed by atoms with van der Waals surface area (Å²) in [6.45, 7) is 4.81. The molecule has 6 heteroatoms. The molecule has 2 heterocycles. The number of hydrogen-bond donors (Lipinski definition) is 1. The first kappa shape index (κ1) is 19.4. The fourth-order valence-electron chi connectivity index (χ4n) is 3.42. The van der Waals surface area contributed by atoms with Gasteiger partial charge in [-0.05, 0) is 23.6 Å². The molecule has 0 spiro atoms. The van der Waals surface area contributed by atoms with Gasteiger partial charge in [0.05, 0.1) is 23.6 Å². The molecule has 0 saturated carbocycles. The van der Waals surface area contributed by atoms with Gasteiger partial charge in [-0.25, -0.2) is 4.99 Å². The van der Waals surface area contributed by atoms with Crippen molar-refractivity contribution in [2.75, 3.05) is 6.61 Å². The SMILES string of the molecule is CC(C)[C@@H](SC1=Nc2ccccc2CS1)C(=O)N[C@H]1CCOc2ccccc21. The van der Waals surface area contributed by atoms with Crippen LogP contribution in [-0.4, -0.2) is 22.1 Å². The van der Waals surface area contributed by atoms with Crippen LogP contribution >= 0.6 is 23.5 Å². The van der Waals surface area contributed by atoms with Gasteiger partial charge in [-0.1, -0.05) is 73.8 Å². The Morgan fingerprint density at radius 3 is 2.86 bits per heavy atom. The van der Waals surface area contributed by atoms with Crippen LogP contribution in [0.15, 0.2) is 53.5 Å². The van der Waals surface area contributed by atoms with E-state index in [1.165, 1.54) is 5.56 Å². The fourth-order valence-corrected chi connectivity index (χ4v) is 5.68. The van der Waals surface area contributed by atoms with Gasteiger partial charge in [0.1, 0.15) is 10.1 Å². The third-order valence-electron chi connectivity index (χ3n) is 4.92. The van der Waals surface area contributed by atoms with Crippen molar-refractivity contribution in [1.82, 2.24) is 5.32 Å². The second kappa shape index (κ2) is 8.62. The average molecular weight is 413 g/mol. The van der Waals surface area contributed by atoms with Crippen molar-refractivity contribution < 1.29 is 9.53 Å². The number of carbonyl (C=O) groups excluding carboxylic acids is 1. The summed E-state index contributed by atoms with van der Waals surface area (Å²) in [5.74, 6) is 2.06. The van der Waals surface area contributed by atoms with Gasteiger partial charge in [-0.2, -0.15) is 0 Å². The van der Waals surface area contributed by atoms with E-state index < -0.39 is 0 Å². The summed E-state index contributed by atoms with van der Waals surface area (Å²) in [4.78, 5) is 17.9. The summed E-state index contributed by atoms with van der Waals surface area (Å²) < 4.78 is 6.69. The molecule has 4 rings (SSSR count). The number of nitrogens with one attached hydrogen (secondary N) is 1.